The van der Waals surface area contributed by atoms with Crippen LogP contribution in [0.15, 0.2) is 54.6 Å². The van der Waals surface area contributed by atoms with Crippen molar-refractivity contribution in [2.75, 3.05) is 57.4 Å². The van der Waals surface area contributed by atoms with Crippen molar-refractivity contribution in [1.29, 1.82) is 0 Å². The number of carbonyl (C=O) groups excluding carboxylic acids is 2. The van der Waals surface area contributed by atoms with Crippen molar-refractivity contribution in [3.8, 4) is 11.8 Å². The summed E-state index contributed by atoms with van der Waals surface area (Å²) in [5, 5.41) is 13.7. The Morgan fingerprint density at radius 2 is 1.75 bits per heavy atom. The Morgan fingerprint density at radius 3 is 2.43 bits per heavy atom. The smallest absolute Gasteiger partial charge is 0.378 e. The molecule has 1 saturated heterocycles. The van der Waals surface area contributed by atoms with E-state index in [2.05, 4.69) is 16.7 Å². The third-order valence-electron chi connectivity index (χ3n) is 8.42. The molecule has 232 valence electrons. The summed E-state index contributed by atoms with van der Waals surface area (Å²) in [5.41, 5.74) is -3.98. The fourth-order valence-electron chi connectivity index (χ4n) is 5.95. The fraction of sp³-hybridized carbons (Fsp3) is 0.412. The van der Waals surface area contributed by atoms with Gasteiger partial charge in [-0.05, 0) is 47.6 Å². The summed E-state index contributed by atoms with van der Waals surface area (Å²) in [6, 6.07) is 14.2. The van der Waals surface area contributed by atoms with Gasteiger partial charge in [-0.2, -0.15) is 13.2 Å². The number of morpholine rings is 1. The third kappa shape index (κ3) is 6.05. The highest BCUT2D eigenvalue weighted by atomic mass is 19.4. The van der Waals surface area contributed by atoms with E-state index in [0.29, 0.717) is 51.3 Å². The highest BCUT2D eigenvalue weighted by Gasteiger charge is 2.56. The second kappa shape index (κ2) is 13.0. The molecule has 1 atom stereocenters. The summed E-state index contributed by atoms with van der Waals surface area (Å²) < 4.78 is 49.1. The molecule has 3 aromatic rings. The summed E-state index contributed by atoms with van der Waals surface area (Å²) in [6.07, 6.45) is -4.50. The number of fused-ring (bicyclic) bond motifs is 2. The van der Waals surface area contributed by atoms with Gasteiger partial charge in [0.2, 0.25) is 5.91 Å². The van der Waals surface area contributed by atoms with Gasteiger partial charge in [-0.15, -0.1) is 0 Å². The first-order valence-corrected chi connectivity index (χ1v) is 14.9. The zero-order valence-electron chi connectivity index (χ0n) is 24.9. The molecule has 2 aliphatic rings. The molecular weight excluding hydrogens is 571 g/mol. The van der Waals surface area contributed by atoms with E-state index in [1.165, 1.54) is 17.0 Å². The fourth-order valence-corrected chi connectivity index (χ4v) is 5.95. The summed E-state index contributed by atoms with van der Waals surface area (Å²) >= 11 is 0. The standard InChI is InChI=1S/C34H36F3N3O4/c1-3-38(4-2)17-18-40-31-25(10-7-8-12-29(41)39-19-21-44-22-20-39)14-16-28(34(35,36)37)30(31)33(43,32(40)42)27-15-13-24-9-5-6-11-26(24)23-27/h5-6,9,11,13-16,23,43H,3-4,8,12,17-22H2,1-2H3. The number of hydrogen-bond acceptors (Lipinski definition) is 5. The van der Waals surface area contributed by atoms with Crippen molar-refractivity contribution in [2.24, 2.45) is 0 Å². The first-order valence-electron chi connectivity index (χ1n) is 14.9. The Labute approximate surface area is 255 Å². The molecule has 2 amide bonds. The maximum Gasteiger partial charge on any atom is 0.416 e. The van der Waals surface area contributed by atoms with Crippen molar-refractivity contribution in [3.05, 3.63) is 76.9 Å². The van der Waals surface area contributed by atoms with Crippen LogP contribution in [0.3, 0.4) is 0 Å². The summed E-state index contributed by atoms with van der Waals surface area (Å²) in [5.74, 6) is 4.95. The van der Waals surface area contributed by atoms with Gasteiger partial charge in [-0.25, -0.2) is 0 Å². The summed E-state index contributed by atoms with van der Waals surface area (Å²) in [4.78, 5) is 31.8. The number of carbonyl (C=O) groups is 2. The molecule has 0 radical (unpaired) electrons. The second-order valence-corrected chi connectivity index (χ2v) is 10.9. The molecule has 7 nitrogen and oxygen atoms in total. The molecule has 5 rings (SSSR count). The number of anilines is 1. The molecular formula is C34H36F3N3O4. The molecule has 0 saturated carbocycles. The van der Waals surface area contributed by atoms with Gasteiger partial charge in [-0.1, -0.05) is 62.1 Å². The number of likely N-dealkylation sites (N-methyl/N-ethyl adjacent to an activating group) is 1. The molecule has 1 fully saturated rings. The van der Waals surface area contributed by atoms with Crippen LogP contribution >= 0.6 is 0 Å². The van der Waals surface area contributed by atoms with Crippen molar-refractivity contribution in [2.45, 2.75) is 38.5 Å². The molecule has 3 aromatic carbocycles. The molecule has 2 aliphatic heterocycles. The molecule has 0 spiro atoms. The number of ether oxygens (including phenoxy) is 1. The maximum absolute atomic E-state index is 14.6. The van der Waals surface area contributed by atoms with E-state index in [0.717, 1.165) is 11.5 Å². The van der Waals surface area contributed by atoms with Crippen molar-refractivity contribution in [1.82, 2.24) is 9.80 Å². The Kier molecular flexibility index (Phi) is 9.30. The minimum atomic E-state index is -4.85. The highest BCUT2D eigenvalue weighted by molar-refractivity contribution is 6.11. The number of benzene rings is 3. The molecule has 0 aromatic heterocycles. The first kappa shape index (κ1) is 31.5. The van der Waals surface area contributed by atoms with Crippen LogP contribution in [0.25, 0.3) is 10.8 Å². The van der Waals surface area contributed by atoms with Crippen LogP contribution in [0, 0.1) is 11.8 Å². The van der Waals surface area contributed by atoms with E-state index >= 15 is 0 Å². The lowest BCUT2D eigenvalue weighted by Crippen LogP contribution is -2.44. The maximum atomic E-state index is 14.6. The molecule has 2 heterocycles. The predicted molar refractivity (Wildman–Crippen MR) is 162 cm³/mol. The van der Waals surface area contributed by atoms with E-state index in [9.17, 15) is 27.9 Å². The quantitative estimate of drug-likeness (QED) is 0.374. The van der Waals surface area contributed by atoms with Crippen LogP contribution in [0.4, 0.5) is 18.9 Å². The van der Waals surface area contributed by atoms with E-state index in [4.69, 9.17) is 4.74 Å². The van der Waals surface area contributed by atoms with Gasteiger partial charge in [0.05, 0.1) is 24.5 Å². The lowest BCUT2D eigenvalue weighted by atomic mass is 9.83. The van der Waals surface area contributed by atoms with Gasteiger partial charge >= 0.3 is 6.18 Å². The Bertz CT molecular complexity index is 1600. The largest absolute Gasteiger partial charge is 0.416 e. The number of nitrogens with zero attached hydrogens (tertiary/aromatic N) is 3. The monoisotopic (exact) mass is 607 g/mol. The number of aliphatic hydroxyl groups is 1. The molecule has 0 bridgehead atoms. The summed E-state index contributed by atoms with van der Waals surface area (Å²) in [6.45, 7) is 7.74. The Morgan fingerprint density at radius 1 is 1.05 bits per heavy atom. The van der Waals surface area contributed by atoms with E-state index in [1.807, 2.05) is 26.0 Å². The summed E-state index contributed by atoms with van der Waals surface area (Å²) in [7, 11) is 0. The van der Waals surface area contributed by atoms with Gasteiger partial charge < -0.3 is 24.5 Å². The first-order chi connectivity index (χ1) is 21.1. The second-order valence-electron chi connectivity index (χ2n) is 10.9. The Hall–Kier alpha value is -3.91. The van der Waals surface area contributed by atoms with Gasteiger partial charge in [0, 0.05) is 50.1 Å². The van der Waals surface area contributed by atoms with Gasteiger partial charge in [-0.3, -0.25) is 9.59 Å². The number of hydrogen-bond donors (Lipinski definition) is 1. The zero-order valence-corrected chi connectivity index (χ0v) is 24.9. The van der Waals surface area contributed by atoms with E-state index in [1.54, 1.807) is 29.2 Å². The highest BCUT2D eigenvalue weighted by Crippen LogP contribution is 2.51. The topological polar surface area (TPSA) is 73.3 Å². The lowest BCUT2D eigenvalue weighted by Gasteiger charge is -2.26. The van der Waals surface area contributed by atoms with E-state index in [-0.39, 0.29) is 42.1 Å². The molecule has 44 heavy (non-hydrogen) atoms. The number of rotatable bonds is 8. The lowest BCUT2D eigenvalue weighted by molar-refractivity contribution is -0.142. The average Bonchev–Trinajstić information content (AvgIpc) is 3.26. The third-order valence-corrected chi connectivity index (χ3v) is 8.42. The van der Waals surface area contributed by atoms with Gasteiger partial charge in [0.25, 0.3) is 5.91 Å². The van der Waals surface area contributed by atoms with Crippen LogP contribution < -0.4 is 4.90 Å². The van der Waals surface area contributed by atoms with Crippen LogP contribution in [-0.2, 0) is 26.1 Å². The number of halogens is 3. The molecule has 10 heteroatoms. The van der Waals surface area contributed by atoms with Crippen LogP contribution in [-0.4, -0.2) is 79.2 Å². The molecule has 1 unspecified atom stereocenters. The van der Waals surface area contributed by atoms with Crippen LogP contribution in [0.2, 0.25) is 0 Å². The minimum Gasteiger partial charge on any atom is -0.378 e. The molecule has 0 aliphatic carbocycles. The van der Waals surface area contributed by atoms with Crippen molar-refractivity contribution in [3.63, 3.8) is 0 Å². The van der Waals surface area contributed by atoms with Crippen molar-refractivity contribution >= 4 is 28.3 Å². The van der Waals surface area contributed by atoms with E-state index < -0.39 is 28.8 Å². The van der Waals surface area contributed by atoms with Crippen LogP contribution in [0.1, 0.15) is 48.9 Å². The Balaban J connectivity index is 1.61. The van der Waals surface area contributed by atoms with Gasteiger partial charge in [0.15, 0.2) is 5.60 Å². The zero-order chi connectivity index (χ0) is 31.5. The normalized spacial score (nSPS) is 18.5. The number of alkyl halides is 3. The van der Waals surface area contributed by atoms with Crippen LogP contribution in [0.5, 0.6) is 0 Å². The van der Waals surface area contributed by atoms with Crippen molar-refractivity contribution < 1.29 is 32.6 Å². The molecule has 1 N–H and O–H groups in total. The SMILES string of the molecule is CCN(CC)CCN1C(=O)C(O)(c2ccc3ccccc3c2)c2c(C(F)(F)F)ccc(C#CCCC(=O)N3CCOCC3)c21. The minimum absolute atomic E-state index is 0.0420. The predicted octanol–water partition coefficient (Wildman–Crippen LogP) is 4.77. The number of amides is 2. The average molecular weight is 608 g/mol. The van der Waals surface area contributed by atoms with Gasteiger partial charge in [0.1, 0.15) is 0 Å².